The first kappa shape index (κ1) is 21.0. The van der Waals surface area contributed by atoms with E-state index in [1.54, 1.807) is 20.8 Å². The largest absolute Gasteiger partial charge is 0.480 e. The Morgan fingerprint density at radius 1 is 1.24 bits per heavy atom. The molecule has 2 N–H and O–H groups in total. The van der Waals surface area contributed by atoms with Gasteiger partial charge in [0.15, 0.2) is 0 Å². The Labute approximate surface area is 143 Å². The quantitative estimate of drug-likeness (QED) is 0.794. The molecule has 1 unspecified atom stereocenters. The Balaban J connectivity index is 3.07. The van der Waals surface area contributed by atoms with Crippen LogP contribution in [0.15, 0.2) is 0 Å². The van der Waals surface area contributed by atoms with Crippen molar-refractivity contribution in [1.29, 1.82) is 0 Å². The highest BCUT2D eigenvalue weighted by Crippen LogP contribution is 2.37. The predicted molar refractivity (Wildman–Crippen MR) is 80.7 cm³/mol. The maximum absolute atomic E-state index is 12.9. The number of halogens is 3. The van der Waals surface area contributed by atoms with E-state index in [-0.39, 0.29) is 13.0 Å². The SMILES string of the molecule is COC(=O)NC(C(=O)N1CC[C@@H](C(F)(F)F)C[C@H]1C(=O)O)C(C)(C)C. The molecular formula is C15H23F3N2O5. The Bertz CT molecular complexity index is 530. The standard InChI is InChI=1S/C15H23F3N2O5/c1-14(2,3)10(19-13(24)25-4)11(21)20-6-5-8(15(16,17)18)7-9(20)12(22)23/h8-10H,5-7H2,1-4H3,(H,19,24)(H,22,23)/t8-,9+,10?/m1/s1. The van der Waals surface area contributed by atoms with Gasteiger partial charge in [0, 0.05) is 6.54 Å². The molecule has 0 aromatic rings. The van der Waals surface area contributed by atoms with Gasteiger partial charge in [-0.1, -0.05) is 20.8 Å². The third-order valence-corrected chi connectivity index (χ3v) is 4.19. The van der Waals surface area contributed by atoms with E-state index in [2.05, 4.69) is 10.1 Å². The number of carboxylic acids is 1. The van der Waals surface area contributed by atoms with Crippen LogP contribution in [0.1, 0.15) is 33.6 Å². The summed E-state index contributed by atoms with van der Waals surface area (Å²) in [5.41, 5.74) is -0.796. The highest BCUT2D eigenvalue weighted by atomic mass is 19.4. The Morgan fingerprint density at radius 2 is 1.80 bits per heavy atom. The van der Waals surface area contributed by atoms with Crippen LogP contribution in [0, 0.1) is 11.3 Å². The number of hydrogen-bond donors (Lipinski definition) is 2. The third-order valence-electron chi connectivity index (χ3n) is 4.19. The van der Waals surface area contributed by atoms with E-state index in [0.29, 0.717) is 0 Å². The number of methoxy groups -OCH3 is 1. The summed E-state index contributed by atoms with van der Waals surface area (Å²) < 4.78 is 43.2. The molecule has 3 atom stereocenters. The van der Waals surface area contributed by atoms with Gasteiger partial charge < -0.3 is 20.1 Å². The van der Waals surface area contributed by atoms with Crippen LogP contribution >= 0.6 is 0 Å². The van der Waals surface area contributed by atoms with Crippen molar-refractivity contribution < 1.29 is 37.4 Å². The summed E-state index contributed by atoms with van der Waals surface area (Å²) in [6, 6.07) is -2.73. The zero-order valence-electron chi connectivity index (χ0n) is 14.5. The molecule has 0 aromatic heterocycles. The van der Waals surface area contributed by atoms with Crippen molar-refractivity contribution >= 4 is 18.0 Å². The topological polar surface area (TPSA) is 95.9 Å². The monoisotopic (exact) mass is 368 g/mol. The van der Waals surface area contributed by atoms with Gasteiger partial charge in [-0.15, -0.1) is 0 Å². The number of alkyl halides is 3. The zero-order chi connectivity index (χ0) is 19.6. The van der Waals surface area contributed by atoms with Crippen molar-refractivity contribution in [1.82, 2.24) is 10.2 Å². The molecule has 0 bridgehead atoms. The van der Waals surface area contributed by atoms with E-state index in [9.17, 15) is 32.7 Å². The number of aliphatic carboxylic acids is 1. The van der Waals surface area contributed by atoms with Crippen molar-refractivity contribution in [2.75, 3.05) is 13.7 Å². The molecule has 1 fully saturated rings. The van der Waals surface area contributed by atoms with E-state index in [0.717, 1.165) is 12.0 Å². The number of nitrogens with one attached hydrogen (secondary N) is 1. The molecule has 0 spiro atoms. The van der Waals surface area contributed by atoms with E-state index in [1.165, 1.54) is 0 Å². The Hall–Kier alpha value is -2.00. The molecule has 0 saturated carbocycles. The lowest BCUT2D eigenvalue weighted by atomic mass is 9.83. The van der Waals surface area contributed by atoms with Gasteiger partial charge in [-0.05, 0) is 18.3 Å². The highest BCUT2D eigenvalue weighted by Gasteiger charge is 2.49. The van der Waals surface area contributed by atoms with Crippen molar-refractivity contribution in [3.05, 3.63) is 0 Å². The Morgan fingerprint density at radius 3 is 2.20 bits per heavy atom. The maximum atomic E-state index is 12.9. The van der Waals surface area contributed by atoms with Crippen LogP contribution in [0.25, 0.3) is 0 Å². The summed E-state index contributed by atoms with van der Waals surface area (Å²) in [5.74, 6) is -4.03. The number of ether oxygens (including phenoxy) is 1. The van der Waals surface area contributed by atoms with Crippen molar-refractivity contribution in [2.45, 2.75) is 51.9 Å². The number of hydrogen-bond acceptors (Lipinski definition) is 4. The minimum Gasteiger partial charge on any atom is -0.480 e. The number of piperidine rings is 1. The van der Waals surface area contributed by atoms with Crippen LogP contribution in [0.5, 0.6) is 0 Å². The van der Waals surface area contributed by atoms with Crippen LogP contribution < -0.4 is 5.32 Å². The lowest BCUT2D eigenvalue weighted by Gasteiger charge is -2.41. The fourth-order valence-electron chi connectivity index (χ4n) is 2.75. The summed E-state index contributed by atoms with van der Waals surface area (Å²) in [5, 5.41) is 11.6. The first-order valence-corrected chi connectivity index (χ1v) is 7.73. The van der Waals surface area contributed by atoms with E-state index >= 15 is 0 Å². The fraction of sp³-hybridized carbons (Fsp3) is 0.800. The summed E-state index contributed by atoms with van der Waals surface area (Å²) in [4.78, 5) is 36.6. The van der Waals surface area contributed by atoms with Gasteiger partial charge in [0.25, 0.3) is 0 Å². The predicted octanol–water partition coefficient (Wildman–Crippen LogP) is 2.01. The van der Waals surface area contributed by atoms with Gasteiger partial charge in [0.2, 0.25) is 5.91 Å². The van der Waals surface area contributed by atoms with Crippen molar-refractivity contribution in [3.8, 4) is 0 Å². The first-order chi connectivity index (χ1) is 11.3. The normalized spacial score (nSPS) is 22.9. The van der Waals surface area contributed by atoms with Gasteiger partial charge in [-0.2, -0.15) is 13.2 Å². The van der Waals surface area contributed by atoms with Gasteiger partial charge in [-0.25, -0.2) is 9.59 Å². The van der Waals surface area contributed by atoms with Crippen molar-refractivity contribution in [2.24, 2.45) is 11.3 Å². The minimum absolute atomic E-state index is 0.352. The number of carbonyl (C=O) groups excluding carboxylic acids is 2. The van der Waals surface area contributed by atoms with Crippen LogP contribution in [0.3, 0.4) is 0 Å². The summed E-state index contributed by atoms with van der Waals surface area (Å²) in [7, 11) is 1.11. The number of carboxylic acid groups (broad SMARTS) is 1. The zero-order valence-corrected chi connectivity index (χ0v) is 14.5. The average Bonchev–Trinajstić information content (AvgIpc) is 2.48. The molecule has 144 valence electrons. The summed E-state index contributed by atoms with van der Waals surface area (Å²) >= 11 is 0. The van der Waals surface area contributed by atoms with Gasteiger partial charge >= 0.3 is 18.2 Å². The van der Waals surface area contributed by atoms with Crippen LogP contribution in [0.2, 0.25) is 0 Å². The molecule has 0 aromatic carbocycles. The number of amides is 2. The molecule has 7 nitrogen and oxygen atoms in total. The number of rotatable bonds is 3. The van der Waals surface area contributed by atoms with E-state index in [1.807, 2.05) is 0 Å². The van der Waals surface area contributed by atoms with Crippen molar-refractivity contribution in [3.63, 3.8) is 0 Å². The molecule has 0 aliphatic carbocycles. The lowest BCUT2D eigenvalue weighted by Crippen LogP contribution is -2.60. The molecule has 2 amide bonds. The molecular weight excluding hydrogens is 345 g/mol. The number of carbonyl (C=O) groups is 3. The molecule has 1 aliphatic rings. The molecule has 0 radical (unpaired) electrons. The van der Waals surface area contributed by atoms with E-state index in [4.69, 9.17) is 0 Å². The van der Waals surface area contributed by atoms with Crippen LogP contribution in [-0.2, 0) is 14.3 Å². The fourth-order valence-corrected chi connectivity index (χ4v) is 2.75. The third kappa shape index (κ3) is 5.23. The molecule has 10 heteroatoms. The molecule has 25 heavy (non-hydrogen) atoms. The van der Waals surface area contributed by atoms with E-state index < -0.39 is 54.0 Å². The summed E-state index contributed by atoms with van der Waals surface area (Å²) in [6.07, 6.45) is -6.49. The van der Waals surface area contributed by atoms with Gasteiger partial charge in [-0.3, -0.25) is 4.79 Å². The molecule has 1 rings (SSSR count). The lowest BCUT2D eigenvalue weighted by molar-refractivity contribution is -0.195. The molecule has 1 aliphatic heterocycles. The molecule has 1 saturated heterocycles. The first-order valence-electron chi connectivity index (χ1n) is 7.73. The second-order valence-corrected chi connectivity index (χ2v) is 7.08. The maximum Gasteiger partial charge on any atom is 0.407 e. The number of likely N-dealkylation sites (tertiary alicyclic amines) is 1. The average molecular weight is 368 g/mol. The van der Waals surface area contributed by atoms with Gasteiger partial charge in [0.05, 0.1) is 13.0 Å². The van der Waals surface area contributed by atoms with Crippen LogP contribution in [-0.4, -0.2) is 59.9 Å². The second kappa shape index (κ2) is 7.49. The number of nitrogens with zero attached hydrogens (tertiary/aromatic N) is 1. The van der Waals surface area contributed by atoms with Crippen LogP contribution in [0.4, 0.5) is 18.0 Å². The molecule has 1 heterocycles. The van der Waals surface area contributed by atoms with Gasteiger partial charge in [0.1, 0.15) is 12.1 Å². The number of alkyl carbamates (subject to hydrolysis) is 1. The Kier molecular flexibility index (Phi) is 6.30. The minimum atomic E-state index is -4.52. The smallest absolute Gasteiger partial charge is 0.407 e. The highest BCUT2D eigenvalue weighted by molar-refractivity contribution is 5.90. The second-order valence-electron chi connectivity index (χ2n) is 7.08. The summed E-state index contributed by atoms with van der Waals surface area (Å²) in [6.45, 7) is 4.58.